The number of aryl methyl sites for hydroxylation is 2. The van der Waals surface area contributed by atoms with Crippen LogP contribution in [0.15, 0.2) is 106 Å². The van der Waals surface area contributed by atoms with Crippen LogP contribution >= 0.6 is 0 Å². The number of carbonyl (C=O) groups is 1. The smallest absolute Gasteiger partial charge is 0.400 e. The van der Waals surface area contributed by atoms with Gasteiger partial charge in [-0.2, -0.15) is 9.97 Å². The van der Waals surface area contributed by atoms with Gasteiger partial charge in [-0.25, -0.2) is 0 Å². The molecule has 0 spiro atoms. The van der Waals surface area contributed by atoms with Gasteiger partial charge in [0.25, 0.3) is 0 Å². The Kier molecular flexibility index (Phi) is 9.72. The van der Waals surface area contributed by atoms with E-state index in [4.69, 9.17) is 18.3 Å². The number of para-hydroxylation sites is 4. The SMILES string of the molecule is CC(=O)CCc1ccc(Oc2nc3ccccc3o2)cc1.CCC(C)(O)CCc1ccc(Oc2nc3ccccc3o2)cc1. The zero-order valence-electron chi connectivity index (χ0n) is 25.2. The summed E-state index contributed by atoms with van der Waals surface area (Å²) in [6.45, 7) is 5.47. The second kappa shape index (κ2) is 14.0. The number of aromatic nitrogens is 2. The molecule has 1 atom stereocenters. The first-order valence-electron chi connectivity index (χ1n) is 14.7. The lowest BCUT2D eigenvalue weighted by atomic mass is 9.94. The summed E-state index contributed by atoms with van der Waals surface area (Å²) in [6.07, 6.45) is 4.12. The Hall–Kier alpha value is -4.95. The molecule has 0 saturated heterocycles. The summed E-state index contributed by atoms with van der Waals surface area (Å²) in [5, 5.41) is 10.1. The summed E-state index contributed by atoms with van der Waals surface area (Å²) in [7, 11) is 0. The molecule has 44 heavy (non-hydrogen) atoms. The molecule has 226 valence electrons. The molecule has 0 radical (unpaired) electrons. The Bertz CT molecular complexity index is 1740. The average Bonchev–Trinajstić information content (AvgIpc) is 3.63. The van der Waals surface area contributed by atoms with E-state index in [1.165, 1.54) is 5.56 Å². The molecule has 6 aromatic rings. The van der Waals surface area contributed by atoms with Crippen LogP contribution in [0.1, 0.15) is 51.2 Å². The van der Waals surface area contributed by atoms with Gasteiger partial charge in [0, 0.05) is 6.42 Å². The molecular weight excluding hydrogens is 556 g/mol. The van der Waals surface area contributed by atoms with Crippen molar-refractivity contribution in [2.24, 2.45) is 0 Å². The number of Topliss-reactive ketones (excluding diaryl/α,β-unsaturated/α-hetero) is 1. The highest BCUT2D eigenvalue weighted by atomic mass is 16.6. The van der Waals surface area contributed by atoms with E-state index in [1.807, 2.05) is 111 Å². The minimum atomic E-state index is -0.604. The number of fused-ring (bicyclic) bond motifs is 2. The molecule has 1 unspecified atom stereocenters. The van der Waals surface area contributed by atoms with E-state index in [2.05, 4.69) is 9.97 Å². The minimum Gasteiger partial charge on any atom is -0.411 e. The zero-order valence-corrected chi connectivity index (χ0v) is 25.2. The molecule has 0 aliphatic rings. The van der Waals surface area contributed by atoms with E-state index in [9.17, 15) is 9.90 Å². The number of carbonyl (C=O) groups excluding carboxylic acids is 1. The summed E-state index contributed by atoms with van der Waals surface area (Å²) in [4.78, 5) is 19.5. The maximum absolute atomic E-state index is 11.0. The molecule has 4 aromatic carbocycles. The third-order valence-electron chi connectivity index (χ3n) is 7.29. The van der Waals surface area contributed by atoms with Crippen molar-refractivity contribution in [2.75, 3.05) is 0 Å². The Morgan fingerprint density at radius 1 is 0.727 bits per heavy atom. The van der Waals surface area contributed by atoms with Crippen molar-refractivity contribution in [3.8, 4) is 23.7 Å². The molecule has 0 aliphatic heterocycles. The number of hydrogen-bond acceptors (Lipinski definition) is 8. The lowest BCUT2D eigenvalue weighted by molar-refractivity contribution is -0.116. The van der Waals surface area contributed by atoms with Crippen LogP contribution in [0, 0.1) is 0 Å². The molecule has 8 nitrogen and oxygen atoms in total. The van der Waals surface area contributed by atoms with Gasteiger partial charge in [-0.05, 0) is 99.2 Å². The summed E-state index contributed by atoms with van der Waals surface area (Å²) in [5.74, 6) is 1.54. The number of ether oxygens (including phenoxy) is 2. The highest BCUT2D eigenvalue weighted by Crippen LogP contribution is 2.27. The van der Waals surface area contributed by atoms with E-state index in [1.54, 1.807) is 6.92 Å². The van der Waals surface area contributed by atoms with Gasteiger partial charge in [0.05, 0.1) is 5.60 Å². The van der Waals surface area contributed by atoms with Crippen LogP contribution in [0.4, 0.5) is 0 Å². The largest absolute Gasteiger partial charge is 0.411 e. The predicted octanol–water partition coefficient (Wildman–Crippen LogP) is 8.86. The summed E-state index contributed by atoms with van der Waals surface area (Å²) < 4.78 is 22.3. The molecule has 0 fully saturated rings. The normalized spacial score (nSPS) is 12.4. The molecule has 1 N–H and O–H groups in total. The molecule has 0 bridgehead atoms. The third kappa shape index (κ3) is 8.55. The molecule has 0 saturated carbocycles. The molecular formula is C36H36N2O6. The Balaban J connectivity index is 0.000000175. The zero-order chi connectivity index (χ0) is 30.9. The number of nitrogens with zero attached hydrogens (tertiary/aromatic N) is 2. The first-order valence-corrected chi connectivity index (χ1v) is 14.7. The van der Waals surface area contributed by atoms with E-state index in [0.717, 1.165) is 42.3 Å². The summed E-state index contributed by atoms with van der Waals surface area (Å²) >= 11 is 0. The second-order valence-electron chi connectivity index (χ2n) is 10.9. The summed E-state index contributed by atoms with van der Waals surface area (Å²) in [6, 6.07) is 30.5. The fraction of sp³-hybridized carbons (Fsp3) is 0.250. The van der Waals surface area contributed by atoms with Crippen molar-refractivity contribution in [1.82, 2.24) is 9.97 Å². The molecule has 0 aliphatic carbocycles. The molecule has 0 amide bonds. The van der Waals surface area contributed by atoms with Gasteiger partial charge in [-0.15, -0.1) is 0 Å². The number of oxazole rings is 2. The topological polar surface area (TPSA) is 108 Å². The maximum Gasteiger partial charge on any atom is 0.400 e. The van der Waals surface area contributed by atoms with Crippen molar-refractivity contribution >= 4 is 28.0 Å². The van der Waals surface area contributed by atoms with E-state index >= 15 is 0 Å². The van der Waals surface area contributed by atoms with E-state index in [0.29, 0.717) is 29.1 Å². The summed E-state index contributed by atoms with van der Waals surface area (Å²) in [5.41, 5.74) is 4.63. The predicted molar refractivity (Wildman–Crippen MR) is 169 cm³/mol. The quantitative estimate of drug-likeness (QED) is 0.159. The number of rotatable bonds is 11. The molecule has 6 rings (SSSR count). The van der Waals surface area contributed by atoms with Crippen LogP contribution in [-0.4, -0.2) is 26.5 Å². The van der Waals surface area contributed by atoms with Crippen molar-refractivity contribution < 1.29 is 28.2 Å². The second-order valence-corrected chi connectivity index (χ2v) is 10.9. The number of hydrogen-bond donors (Lipinski definition) is 1. The number of ketones is 1. The lowest BCUT2D eigenvalue weighted by Gasteiger charge is -2.20. The van der Waals surface area contributed by atoms with E-state index < -0.39 is 5.60 Å². The van der Waals surface area contributed by atoms with Crippen LogP contribution < -0.4 is 9.47 Å². The standard InChI is InChI=1S/C19H21NO3.C17H15NO3/c1-3-19(2,21)13-12-14-8-10-15(11-9-14)22-18-20-16-6-4-5-7-17(16)23-18;1-12(19)6-7-13-8-10-14(11-9-13)20-17-18-15-4-2-3-5-16(15)21-17/h4-11,21H,3,12-13H2,1-2H3;2-5,8-11H,6-7H2,1H3. The van der Waals surface area contributed by atoms with Crippen LogP contribution in [0.5, 0.6) is 23.7 Å². The van der Waals surface area contributed by atoms with Gasteiger partial charge in [-0.3, -0.25) is 0 Å². The highest BCUT2D eigenvalue weighted by molar-refractivity contribution is 5.75. The van der Waals surface area contributed by atoms with Crippen LogP contribution in [0.2, 0.25) is 0 Å². The fourth-order valence-corrected chi connectivity index (χ4v) is 4.35. The Morgan fingerprint density at radius 3 is 1.61 bits per heavy atom. The maximum atomic E-state index is 11.0. The first kappa shape index (κ1) is 30.5. The van der Waals surface area contributed by atoms with Gasteiger partial charge < -0.3 is 28.2 Å². The van der Waals surface area contributed by atoms with Gasteiger partial charge in [0.1, 0.15) is 28.3 Å². The Morgan fingerprint density at radius 2 is 1.18 bits per heavy atom. The van der Waals surface area contributed by atoms with Crippen LogP contribution in [-0.2, 0) is 17.6 Å². The van der Waals surface area contributed by atoms with Gasteiger partial charge in [-0.1, -0.05) is 55.5 Å². The monoisotopic (exact) mass is 592 g/mol. The minimum absolute atomic E-state index is 0.196. The first-order chi connectivity index (χ1) is 21.3. The van der Waals surface area contributed by atoms with E-state index in [-0.39, 0.29) is 17.9 Å². The van der Waals surface area contributed by atoms with Crippen molar-refractivity contribution in [2.45, 2.75) is 58.5 Å². The van der Waals surface area contributed by atoms with Crippen LogP contribution in [0.3, 0.4) is 0 Å². The van der Waals surface area contributed by atoms with Gasteiger partial charge >= 0.3 is 12.2 Å². The molecule has 2 aromatic heterocycles. The third-order valence-corrected chi connectivity index (χ3v) is 7.29. The highest BCUT2D eigenvalue weighted by Gasteiger charge is 2.17. The van der Waals surface area contributed by atoms with Crippen LogP contribution in [0.25, 0.3) is 22.2 Å². The average molecular weight is 593 g/mol. The van der Waals surface area contributed by atoms with Crippen molar-refractivity contribution in [3.05, 3.63) is 108 Å². The van der Waals surface area contributed by atoms with Gasteiger partial charge in [0.2, 0.25) is 0 Å². The van der Waals surface area contributed by atoms with Gasteiger partial charge in [0.15, 0.2) is 11.2 Å². The molecule has 2 heterocycles. The lowest BCUT2D eigenvalue weighted by Crippen LogP contribution is -2.23. The van der Waals surface area contributed by atoms with Crippen molar-refractivity contribution in [1.29, 1.82) is 0 Å². The number of aliphatic hydroxyl groups is 1. The Labute approximate surface area is 256 Å². The number of benzene rings is 4. The van der Waals surface area contributed by atoms with Crippen molar-refractivity contribution in [3.63, 3.8) is 0 Å². The fourth-order valence-electron chi connectivity index (χ4n) is 4.35. The molecule has 8 heteroatoms.